The summed E-state index contributed by atoms with van der Waals surface area (Å²) in [6.45, 7) is 11.9. The van der Waals surface area contributed by atoms with Crippen molar-refractivity contribution >= 4 is 11.8 Å². The van der Waals surface area contributed by atoms with Crippen LogP contribution in [0.25, 0.3) is 0 Å². The van der Waals surface area contributed by atoms with Gasteiger partial charge in [0, 0.05) is 37.7 Å². The van der Waals surface area contributed by atoms with E-state index in [2.05, 4.69) is 37.9 Å². The van der Waals surface area contributed by atoms with E-state index in [-0.39, 0.29) is 17.4 Å². The molecule has 30 heavy (non-hydrogen) atoms. The second-order valence-electron chi connectivity index (χ2n) is 8.44. The minimum absolute atomic E-state index is 0.0240. The summed E-state index contributed by atoms with van der Waals surface area (Å²) in [7, 11) is 0. The third-order valence-electron chi connectivity index (χ3n) is 5.90. The molecular weight excluding hydrogens is 388 g/mol. The first kappa shape index (κ1) is 24.3. The molecule has 1 unspecified atom stereocenters. The molecular formula is C23H35F2N3O2. The average Bonchev–Trinajstić information content (AvgIpc) is 2.71. The molecule has 2 rings (SSSR count). The van der Waals surface area contributed by atoms with Crippen LogP contribution in [0.1, 0.15) is 57.3 Å². The van der Waals surface area contributed by atoms with Gasteiger partial charge in [-0.05, 0) is 50.4 Å². The van der Waals surface area contributed by atoms with Gasteiger partial charge in [0.15, 0.2) is 0 Å². The molecule has 168 valence electrons. The standard InChI is InChI=1S/C23H35F2N3O2/c1-5-27(6-2)19(13-16(3)4)15-26-22(29)17-9-11-28(12-10-17)23(30)20-8-7-18(24)14-21(20)25/h7-8,14,16-17,19H,5-6,9-13,15H2,1-4H3,(H,26,29). The van der Waals surface area contributed by atoms with Crippen LogP contribution in [0, 0.1) is 23.5 Å². The molecule has 1 N–H and O–H groups in total. The molecule has 1 fully saturated rings. The maximum atomic E-state index is 13.9. The van der Waals surface area contributed by atoms with Crippen molar-refractivity contribution in [2.75, 3.05) is 32.7 Å². The van der Waals surface area contributed by atoms with Crippen LogP contribution in [0.15, 0.2) is 18.2 Å². The first-order valence-electron chi connectivity index (χ1n) is 11.0. The zero-order valence-corrected chi connectivity index (χ0v) is 18.6. The van der Waals surface area contributed by atoms with Gasteiger partial charge in [0.25, 0.3) is 5.91 Å². The van der Waals surface area contributed by atoms with Gasteiger partial charge >= 0.3 is 0 Å². The molecule has 1 heterocycles. The second-order valence-corrected chi connectivity index (χ2v) is 8.44. The summed E-state index contributed by atoms with van der Waals surface area (Å²) in [6, 6.07) is 3.29. The number of carbonyl (C=O) groups excluding carboxylic acids is 2. The summed E-state index contributed by atoms with van der Waals surface area (Å²) in [6.07, 6.45) is 2.11. The number of benzene rings is 1. The molecule has 0 bridgehead atoms. The first-order valence-corrected chi connectivity index (χ1v) is 11.0. The predicted molar refractivity (Wildman–Crippen MR) is 114 cm³/mol. The van der Waals surface area contributed by atoms with Gasteiger partial charge in [0.2, 0.25) is 5.91 Å². The van der Waals surface area contributed by atoms with Crippen molar-refractivity contribution < 1.29 is 18.4 Å². The Hall–Kier alpha value is -2.02. The Bertz CT molecular complexity index is 714. The van der Waals surface area contributed by atoms with Crippen molar-refractivity contribution in [3.05, 3.63) is 35.4 Å². The number of piperidine rings is 1. The monoisotopic (exact) mass is 423 g/mol. The Kier molecular flexibility index (Phi) is 9.21. The van der Waals surface area contributed by atoms with Crippen LogP contribution in [0.2, 0.25) is 0 Å². The zero-order chi connectivity index (χ0) is 22.3. The SMILES string of the molecule is CCN(CC)C(CNC(=O)C1CCN(C(=O)c2ccc(F)cc2F)CC1)CC(C)C. The fourth-order valence-electron chi connectivity index (χ4n) is 4.19. The summed E-state index contributed by atoms with van der Waals surface area (Å²) in [5.41, 5.74) is -0.130. The predicted octanol–water partition coefficient (Wildman–Crippen LogP) is 3.69. The normalized spacial score (nSPS) is 16.2. The second kappa shape index (κ2) is 11.4. The van der Waals surface area contributed by atoms with Gasteiger partial charge in [-0.25, -0.2) is 8.78 Å². The molecule has 5 nitrogen and oxygen atoms in total. The number of hydrogen-bond donors (Lipinski definition) is 1. The lowest BCUT2D eigenvalue weighted by atomic mass is 9.95. The molecule has 0 aliphatic carbocycles. The molecule has 1 aromatic rings. The maximum Gasteiger partial charge on any atom is 0.256 e. The molecule has 1 atom stereocenters. The highest BCUT2D eigenvalue weighted by atomic mass is 19.1. The topological polar surface area (TPSA) is 52.7 Å². The number of likely N-dealkylation sites (tertiary alicyclic amines) is 1. The number of rotatable bonds is 9. The molecule has 0 spiro atoms. The number of halogens is 2. The van der Waals surface area contributed by atoms with Crippen LogP contribution in [-0.4, -0.2) is 60.4 Å². The molecule has 0 aromatic heterocycles. The number of carbonyl (C=O) groups is 2. The van der Waals surface area contributed by atoms with Gasteiger partial charge in [-0.15, -0.1) is 0 Å². The molecule has 1 saturated heterocycles. The van der Waals surface area contributed by atoms with E-state index in [9.17, 15) is 18.4 Å². The van der Waals surface area contributed by atoms with Crippen LogP contribution >= 0.6 is 0 Å². The average molecular weight is 424 g/mol. The van der Waals surface area contributed by atoms with E-state index in [1.54, 1.807) is 0 Å². The Morgan fingerprint density at radius 3 is 2.33 bits per heavy atom. The Morgan fingerprint density at radius 2 is 1.80 bits per heavy atom. The van der Waals surface area contributed by atoms with Crippen LogP contribution in [-0.2, 0) is 4.79 Å². The van der Waals surface area contributed by atoms with Crippen LogP contribution in [0.4, 0.5) is 8.78 Å². The van der Waals surface area contributed by atoms with Gasteiger partial charge in [-0.2, -0.15) is 0 Å². The van der Waals surface area contributed by atoms with Gasteiger partial charge in [0.1, 0.15) is 11.6 Å². The van der Waals surface area contributed by atoms with Crippen molar-refractivity contribution in [2.24, 2.45) is 11.8 Å². The molecule has 7 heteroatoms. The summed E-state index contributed by atoms with van der Waals surface area (Å²) in [5, 5.41) is 3.11. The summed E-state index contributed by atoms with van der Waals surface area (Å²) in [4.78, 5) is 29.1. The van der Waals surface area contributed by atoms with E-state index in [1.165, 1.54) is 11.0 Å². The van der Waals surface area contributed by atoms with Gasteiger partial charge in [-0.3, -0.25) is 14.5 Å². The lowest BCUT2D eigenvalue weighted by Crippen LogP contribution is -2.48. The number of amides is 2. The quantitative estimate of drug-likeness (QED) is 0.659. The van der Waals surface area contributed by atoms with Crippen molar-refractivity contribution in [1.82, 2.24) is 15.1 Å². The fourth-order valence-corrected chi connectivity index (χ4v) is 4.19. The highest BCUT2D eigenvalue weighted by Crippen LogP contribution is 2.21. The zero-order valence-electron chi connectivity index (χ0n) is 18.6. The lowest BCUT2D eigenvalue weighted by Gasteiger charge is -2.33. The Morgan fingerprint density at radius 1 is 1.17 bits per heavy atom. The van der Waals surface area contributed by atoms with Crippen molar-refractivity contribution in [3.8, 4) is 0 Å². The van der Waals surface area contributed by atoms with E-state index < -0.39 is 17.5 Å². The maximum absolute atomic E-state index is 13.9. The number of likely N-dealkylation sites (N-methyl/N-ethyl adjacent to an activating group) is 1. The van der Waals surface area contributed by atoms with Crippen molar-refractivity contribution in [1.29, 1.82) is 0 Å². The fraction of sp³-hybridized carbons (Fsp3) is 0.652. The minimum Gasteiger partial charge on any atom is -0.354 e. The highest BCUT2D eigenvalue weighted by molar-refractivity contribution is 5.94. The number of nitrogens with one attached hydrogen (secondary N) is 1. The summed E-state index contributed by atoms with van der Waals surface area (Å²) < 4.78 is 27.0. The smallest absolute Gasteiger partial charge is 0.256 e. The van der Waals surface area contributed by atoms with Crippen molar-refractivity contribution in [2.45, 2.75) is 53.0 Å². The van der Waals surface area contributed by atoms with E-state index in [1.807, 2.05) is 0 Å². The molecule has 1 aromatic carbocycles. The van der Waals surface area contributed by atoms with Crippen LogP contribution in [0.3, 0.4) is 0 Å². The molecule has 1 aliphatic heterocycles. The Balaban J connectivity index is 1.87. The highest BCUT2D eigenvalue weighted by Gasteiger charge is 2.29. The molecule has 2 amide bonds. The minimum atomic E-state index is -0.854. The van der Waals surface area contributed by atoms with E-state index in [0.29, 0.717) is 44.4 Å². The van der Waals surface area contributed by atoms with E-state index >= 15 is 0 Å². The largest absolute Gasteiger partial charge is 0.354 e. The number of hydrogen-bond acceptors (Lipinski definition) is 3. The van der Waals surface area contributed by atoms with E-state index in [0.717, 1.165) is 31.6 Å². The van der Waals surface area contributed by atoms with Crippen LogP contribution < -0.4 is 5.32 Å². The van der Waals surface area contributed by atoms with Crippen LogP contribution in [0.5, 0.6) is 0 Å². The van der Waals surface area contributed by atoms with Gasteiger partial charge < -0.3 is 10.2 Å². The third kappa shape index (κ3) is 6.49. The summed E-state index contributed by atoms with van der Waals surface area (Å²) in [5.74, 6) is -1.59. The Labute approximate surface area is 178 Å². The first-order chi connectivity index (χ1) is 14.3. The van der Waals surface area contributed by atoms with Gasteiger partial charge in [-0.1, -0.05) is 27.7 Å². The lowest BCUT2D eigenvalue weighted by molar-refractivity contribution is -0.126. The molecule has 0 radical (unpaired) electrons. The third-order valence-corrected chi connectivity index (χ3v) is 5.90. The van der Waals surface area contributed by atoms with Gasteiger partial charge in [0.05, 0.1) is 5.56 Å². The summed E-state index contributed by atoms with van der Waals surface area (Å²) >= 11 is 0. The van der Waals surface area contributed by atoms with E-state index in [4.69, 9.17) is 0 Å². The number of nitrogens with zero attached hydrogens (tertiary/aromatic N) is 2. The van der Waals surface area contributed by atoms with Crippen molar-refractivity contribution in [3.63, 3.8) is 0 Å². The molecule has 0 saturated carbocycles. The molecule has 1 aliphatic rings.